The first kappa shape index (κ1) is 17.0. The lowest BCUT2D eigenvalue weighted by Gasteiger charge is -2.12. The molecule has 0 fully saturated rings. The number of carbonyl (C=O) groups is 1. The summed E-state index contributed by atoms with van der Waals surface area (Å²) in [5.74, 6) is 0.682. The Balaban J connectivity index is 1.80. The lowest BCUT2D eigenvalue weighted by molar-refractivity contribution is -0.136. The van der Waals surface area contributed by atoms with E-state index >= 15 is 0 Å². The van der Waals surface area contributed by atoms with Gasteiger partial charge in [0, 0.05) is 10.6 Å². The van der Waals surface area contributed by atoms with Crippen molar-refractivity contribution in [2.45, 2.75) is 13.5 Å². The third-order valence-corrected chi connectivity index (χ3v) is 4.08. The maximum Gasteiger partial charge on any atom is 0.367 e. The third-order valence-electron chi connectivity index (χ3n) is 3.71. The fraction of sp³-hybridized carbons (Fsp3) is 0.158. The second-order valence-electron chi connectivity index (χ2n) is 5.40. The zero-order valence-electron chi connectivity index (χ0n) is 13.8. The van der Waals surface area contributed by atoms with E-state index in [0.717, 1.165) is 11.1 Å². The van der Waals surface area contributed by atoms with Gasteiger partial charge in [0.25, 0.3) is 0 Å². The number of rotatable bonds is 5. The van der Waals surface area contributed by atoms with E-state index in [1.54, 1.807) is 32.2 Å². The van der Waals surface area contributed by atoms with E-state index in [9.17, 15) is 4.79 Å². The van der Waals surface area contributed by atoms with Crippen LogP contribution in [0.1, 0.15) is 18.1 Å². The molecule has 128 valence electrons. The molecule has 2 aromatic rings. The molecule has 0 bridgehead atoms. The van der Waals surface area contributed by atoms with Crippen LogP contribution >= 0.6 is 11.6 Å². The second-order valence-corrected chi connectivity index (χ2v) is 5.81. The number of hydrogen-bond donors (Lipinski definition) is 0. The summed E-state index contributed by atoms with van der Waals surface area (Å²) in [5, 5.41) is 4.31. The van der Waals surface area contributed by atoms with Gasteiger partial charge in [-0.15, -0.1) is 0 Å². The topological polar surface area (TPSA) is 57.1 Å². The molecule has 2 aromatic carbocycles. The van der Waals surface area contributed by atoms with E-state index in [1.165, 1.54) is 0 Å². The lowest BCUT2D eigenvalue weighted by atomic mass is 10.1. The minimum absolute atomic E-state index is 0.328. The van der Waals surface area contributed by atoms with Gasteiger partial charge < -0.3 is 14.3 Å². The van der Waals surface area contributed by atoms with Crippen LogP contribution in [0.15, 0.2) is 53.2 Å². The van der Waals surface area contributed by atoms with Crippen LogP contribution in [-0.2, 0) is 16.2 Å². The molecular formula is C19H16ClNO4. The standard InChI is InChI=1S/C19H16ClNO4/c1-12-15(19(22)25-21-12)9-13-7-8-17(18(10-13)23-2)24-11-14-5-3-4-6-16(14)20/h3-10H,11H2,1-2H3/b15-9-. The molecule has 0 saturated heterocycles. The van der Waals surface area contributed by atoms with Crippen molar-refractivity contribution < 1.29 is 19.1 Å². The maximum absolute atomic E-state index is 11.6. The van der Waals surface area contributed by atoms with Crippen LogP contribution in [0.4, 0.5) is 0 Å². The van der Waals surface area contributed by atoms with Gasteiger partial charge in [-0.3, -0.25) is 0 Å². The smallest absolute Gasteiger partial charge is 0.367 e. The average Bonchev–Trinajstić information content (AvgIpc) is 2.93. The molecule has 5 nitrogen and oxygen atoms in total. The van der Waals surface area contributed by atoms with Gasteiger partial charge in [-0.2, -0.15) is 0 Å². The predicted molar refractivity (Wildman–Crippen MR) is 96.0 cm³/mol. The van der Waals surface area contributed by atoms with Crippen LogP contribution in [0.5, 0.6) is 11.5 Å². The summed E-state index contributed by atoms with van der Waals surface area (Å²) < 4.78 is 11.2. The summed E-state index contributed by atoms with van der Waals surface area (Å²) in [5.41, 5.74) is 2.64. The Labute approximate surface area is 150 Å². The van der Waals surface area contributed by atoms with Crippen LogP contribution in [0.3, 0.4) is 0 Å². The van der Waals surface area contributed by atoms with Crippen molar-refractivity contribution in [3.05, 3.63) is 64.2 Å². The molecule has 0 aliphatic carbocycles. The molecule has 0 N–H and O–H groups in total. The van der Waals surface area contributed by atoms with Crippen LogP contribution in [0.2, 0.25) is 5.02 Å². The van der Waals surface area contributed by atoms with Crippen molar-refractivity contribution in [1.29, 1.82) is 0 Å². The monoisotopic (exact) mass is 357 g/mol. The summed E-state index contributed by atoms with van der Waals surface area (Å²) in [7, 11) is 1.56. The molecule has 6 heteroatoms. The molecule has 0 unspecified atom stereocenters. The maximum atomic E-state index is 11.6. The van der Waals surface area contributed by atoms with Crippen LogP contribution in [0.25, 0.3) is 6.08 Å². The quantitative estimate of drug-likeness (QED) is 0.593. The molecule has 0 atom stereocenters. The zero-order chi connectivity index (χ0) is 17.8. The Hall–Kier alpha value is -2.79. The zero-order valence-corrected chi connectivity index (χ0v) is 14.5. The fourth-order valence-electron chi connectivity index (χ4n) is 2.35. The first-order chi connectivity index (χ1) is 12.1. The lowest BCUT2D eigenvalue weighted by Crippen LogP contribution is -2.02. The Morgan fingerprint density at radius 3 is 2.68 bits per heavy atom. The summed E-state index contributed by atoms with van der Waals surface area (Å²) >= 11 is 6.14. The Morgan fingerprint density at radius 2 is 2.00 bits per heavy atom. The number of nitrogens with zero attached hydrogens (tertiary/aromatic N) is 1. The van der Waals surface area contributed by atoms with Gasteiger partial charge in [-0.1, -0.05) is 41.0 Å². The van der Waals surface area contributed by atoms with Crippen LogP contribution in [0, 0.1) is 0 Å². The van der Waals surface area contributed by atoms with Gasteiger partial charge >= 0.3 is 5.97 Å². The molecule has 0 radical (unpaired) electrons. The summed E-state index contributed by atoms with van der Waals surface area (Å²) in [6.07, 6.45) is 1.70. The van der Waals surface area contributed by atoms with Gasteiger partial charge in [0.2, 0.25) is 0 Å². The second kappa shape index (κ2) is 7.40. The first-order valence-corrected chi connectivity index (χ1v) is 7.98. The molecule has 25 heavy (non-hydrogen) atoms. The summed E-state index contributed by atoms with van der Waals surface area (Å²) in [6, 6.07) is 12.9. The molecule has 0 saturated carbocycles. The Bertz CT molecular complexity index is 873. The van der Waals surface area contributed by atoms with E-state index in [-0.39, 0.29) is 0 Å². The fourth-order valence-corrected chi connectivity index (χ4v) is 2.54. The van der Waals surface area contributed by atoms with E-state index in [2.05, 4.69) is 9.99 Å². The van der Waals surface area contributed by atoms with E-state index in [1.807, 2.05) is 30.3 Å². The molecule has 0 spiro atoms. The SMILES string of the molecule is COc1cc(/C=C2\C(=O)ON=C2C)ccc1OCc1ccccc1Cl. The normalized spacial score (nSPS) is 15.1. The van der Waals surface area contributed by atoms with Crippen molar-refractivity contribution in [2.24, 2.45) is 5.16 Å². The third kappa shape index (κ3) is 3.83. The van der Waals surface area contributed by atoms with Gasteiger partial charge in [0.1, 0.15) is 6.61 Å². The Kier molecular flexibility index (Phi) is 5.05. The number of methoxy groups -OCH3 is 1. The first-order valence-electron chi connectivity index (χ1n) is 7.60. The van der Waals surface area contributed by atoms with Gasteiger partial charge in [0.15, 0.2) is 11.5 Å². The van der Waals surface area contributed by atoms with Crippen LogP contribution in [-0.4, -0.2) is 18.8 Å². The number of halogens is 1. The van der Waals surface area contributed by atoms with E-state index < -0.39 is 5.97 Å². The number of hydrogen-bond acceptors (Lipinski definition) is 5. The molecule has 0 aromatic heterocycles. The Morgan fingerprint density at radius 1 is 1.20 bits per heavy atom. The summed E-state index contributed by atoms with van der Waals surface area (Å²) in [4.78, 5) is 16.3. The minimum atomic E-state index is -0.462. The molecule has 0 amide bonds. The molecule has 3 rings (SSSR count). The van der Waals surface area contributed by atoms with Gasteiger partial charge in [-0.25, -0.2) is 4.79 Å². The summed E-state index contributed by atoms with van der Waals surface area (Å²) in [6.45, 7) is 2.05. The largest absolute Gasteiger partial charge is 0.493 e. The highest BCUT2D eigenvalue weighted by atomic mass is 35.5. The predicted octanol–water partition coefficient (Wildman–Crippen LogP) is 4.24. The van der Waals surface area contributed by atoms with Crippen molar-refractivity contribution in [3.63, 3.8) is 0 Å². The van der Waals surface area contributed by atoms with Gasteiger partial charge in [0.05, 0.1) is 18.4 Å². The van der Waals surface area contributed by atoms with Crippen molar-refractivity contribution >= 4 is 29.4 Å². The van der Waals surface area contributed by atoms with Gasteiger partial charge in [-0.05, 0) is 36.8 Å². The average molecular weight is 358 g/mol. The number of oxime groups is 1. The molecular weight excluding hydrogens is 342 g/mol. The minimum Gasteiger partial charge on any atom is -0.493 e. The number of carbonyl (C=O) groups excluding carboxylic acids is 1. The molecule has 1 aliphatic heterocycles. The highest BCUT2D eigenvalue weighted by molar-refractivity contribution is 6.31. The number of benzene rings is 2. The van der Waals surface area contributed by atoms with Crippen molar-refractivity contribution in [1.82, 2.24) is 0 Å². The highest BCUT2D eigenvalue weighted by Gasteiger charge is 2.21. The van der Waals surface area contributed by atoms with Crippen molar-refractivity contribution in [3.8, 4) is 11.5 Å². The molecule has 1 aliphatic rings. The van der Waals surface area contributed by atoms with E-state index in [4.69, 9.17) is 21.1 Å². The van der Waals surface area contributed by atoms with E-state index in [0.29, 0.717) is 34.4 Å². The highest BCUT2D eigenvalue weighted by Crippen LogP contribution is 2.30. The van der Waals surface area contributed by atoms with Crippen LogP contribution < -0.4 is 9.47 Å². The number of ether oxygens (including phenoxy) is 2. The molecule has 1 heterocycles. The van der Waals surface area contributed by atoms with Crippen molar-refractivity contribution in [2.75, 3.05) is 7.11 Å².